The van der Waals surface area contributed by atoms with Crippen molar-refractivity contribution in [3.8, 4) is 11.4 Å². The summed E-state index contributed by atoms with van der Waals surface area (Å²) in [7, 11) is 3.51. The molecule has 0 radical (unpaired) electrons. The van der Waals surface area contributed by atoms with Crippen LogP contribution < -0.4 is 0 Å². The first-order valence-electron chi connectivity index (χ1n) is 6.66. The van der Waals surface area contributed by atoms with Crippen LogP contribution in [-0.2, 0) is 11.2 Å². The number of carbonyl (C=O) groups is 1. The molecule has 0 aliphatic carbocycles. The minimum Gasteiger partial charge on any atom is -0.349 e. The number of hydrogen-bond donors (Lipinski definition) is 0. The van der Waals surface area contributed by atoms with Gasteiger partial charge in [-0.1, -0.05) is 29.4 Å². The maximum absolute atomic E-state index is 11.5. The third-order valence-corrected chi connectivity index (χ3v) is 3.13. The van der Waals surface area contributed by atoms with Crippen LogP contribution in [0, 0.1) is 6.92 Å². The van der Waals surface area contributed by atoms with Gasteiger partial charge in [0.2, 0.25) is 17.6 Å². The number of aryl methyl sites for hydroxylation is 2. The highest BCUT2D eigenvalue weighted by Crippen LogP contribution is 2.20. The third-order valence-electron chi connectivity index (χ3n) is 3.13. The molecule has 0 aliphatic rings. The fourth-order valence-electron chi connectivity index (χ4n) is 1.90. The highest BCUT2D eigenvalue weighted by Gasteiger charge is 2.11. The van der Waals surface area contributed by atoms with Gasteiger partial charge in [0.25, 0.3) is 0 Å². The molecule has 1 heterocycles. The van der Waals surface area contributed by atoms with Crippen LogP contribution in [0.15, 0.2) is 28.8 Å². The minimum atomic E-state index is 0.114. The minimum absolute atomic E-state index is 0.114. The lowest BCUT2D eigenvalue weighted by Crippen LogP contribution is -2.21. The molecule has 0 bridgehead atoms. The largest absolute Gasteiger partial charge is 0.349 e. The molecule has 2 rings (SSSR count). The third kappa shape index (κ3) is 3.44. The monoisotopic (exact) mass is 273 g/mol. The second-order valence-corrected chi connectivity index (χ2v) is 4.97. The van der Waals surface area contributed by atoms with Crippen LogP contribution in [0.25, 0.3) is 11.4 Å². The van der Waals surface area contributed by atoms with E-state index in [1.807, 2.05) is 31.2 Å². The SMILES string of the molecule is Cc1ccccc1-c1noc(CCCC(=O)N(C)C)n1. The predicted octanol–water partition coefficient (Wildman–Crippen LogP) is 2.46. The Morgan fingerprint density at radius 1 is 1.30 bits per heavy atom. The lowest BCUT2D eigenvalue weighted by atomic mass is 10.1. The van der Waals surface area contributed by atoms with Crippen LogP contribution >= 0.6 is 0 Å². The molecule has 1 aromatic heterocycles. The topological polar surface area (TPSA) is 59.2 Å². The quantitative estimate of drug-likeness (QED) is 0.839. The molecule has 5 nitrogen and oxygen atoms in total. The Hall–Kier alpha value is -2.17. The Bertz CT molecular complexity index is 590. The van der Waals surface area contributed by atoms with E-state index < -0.39 is 0 Å². The van der Waals surface area contributed by atoms with Gasteiger partial charge in [-0.3, -0.25) is 4.79 Å². The smallest absolute Gasteiger partial charge is 0.226 e. The van der Waals surface area contributed by atoms with Crippen molar-refractivity contribution < 1.29 is 9.32 Å². The first-order chi connectivity index (χ1) is 9.58. The summed E-state index contributed by atoms with van der Waals surface area (Å²) in [4.78, 5) is 17.4. The maximum atomic E-state index is 11.5. The van der Waals surface area contributed by atoms with Crippen molar-refractivity contribution >= 4 is 5.91 Å². The molecule has 5 heteroatoms. The molecule has 0 unspecified atom stereocenters. The van der Waals surface area contributed by atoms with Crippen LogP contribution in [0.3, 0.4) is 0 Å². The molecule has 0 fully saturated rings. The highest BCUT2D eigenvalue weighted by molar-refractivity contribution is 5.75. The van der Waals surface area contributed by atoms with Gasteiger partial charge in [-0.05, 0) is 18.9 Å². The van der Waals surface area contributed by atoms with Gasteiger partial charge in [-0.2, -0.15) is 4.98 Å². The lowest BCUT2D eigenvalue weighted by molar-refractivity contribution is -0.128. The fourth-order valence-corrected chi connectivity index (χ4v) is 1.90. The van der Waals surface area contributed by atoms with Gasteiger partial charge < -0.3 is 9.42 Å². The first kappa shape index (κ1) is 14.2. The number of carbonyl (C=O) groups excluding carboxylic acids is 1. The summed E-state index contributed by atoms with van der Waals surface area (Å²) in [5, 5.41) is 4.00. The molecule has 0 N–H and O–H groups in total. The van der Waals surface area contributed by atoms with Crippen molar-refractivity contribution in [2.45, 2.75) is 26.2 Å². The Balaban J connectivity index is 1.96. The van der Waals surface area contributed by atoms with Gasteiger partial charge in [0.1, 0.15) is 0 Å². The molecule has 2 aromatic rings. The van der Waals surface area contributed by atoms with Crippen molar-refractivity contribution in [3.05, 3.63) is 35.7 Å². The van der Waals surface area contributed by atoms with Crippen LogP contribution in [0.5, 0.6) is 0 Å². The molecular weight excluding hydrogens is 254 g/mol. The van der Waals surface area contributed by atoms with E-state index in [-0.39, 0.29) is 5.91 Å². The van der Waals surface area contributed by atoms with Crippen molar-refractivity contribution in [1.29, 1.82) is 0 Å². The van der Waals surface area contributed by atoms with E-state index in [1.165, 1.54) is 0 Å². The molecule has 1 amide bonds. The molecule has 0 aliphatic heterocycles. The Labute approximate surface area is 118 Å². The summed E-state index contributed by atoms with van der Waals surface area (Å²) in [6.07, 6.45) is 1.83. The molecular formula is C15H19N3O2. The summed E-state index contributed by atoms with van der Waals surface area (Å²) < 4.78 is 5.23. The summed E-state index contributed by atoms with van der Waals surface area (Å²) in [5.74, 6) is 1.30. The number of rotatable bonds is 5. The summed E-state index contributed by atoms with van der Waals surface area (Å²) in [6.45, 7) is 2.01. The lowest BCUT2D eigenvalue weighted by Gasteiger charge is -2.08. The van der Waals surface area contributed by atoms with Crippen LogP contribution in [0.1, 0.15) is 24.3 Å². The second kappa shape index (κ2) is 6.32. The maximum Gasteiger partial charge on any atom is 0.226 e. The number of hydrogen-bond acceptors (Lipinski definition) is 4. The van der Waals surface area contributed by atoms with E-state index >= 15 is 0 Å². The van der Waals surface area contributed by atoms with Crippen molar-refractivity contribution in [3.63, 3.8) is 0 Å². The van der Waals surface area contributed by atoms with Gasteiger partial charge in [-0.25, -0.2) is 0 Å². The molecule has 0 saturated heterocycles. The number of benzene rings is 1. The van der Waals surface area contributed by atoms with Gasteiger partial charge in [-0.15, -0.1) is 0 Å². The normalized spacial score (nSPS) is 10.6. The fraction of sp³-hybridized carbons (Fsp3) is 0.400. The zero-order chi connectivity index (χ0) is 14.5. The van der Waals surface area contributed by atoms with E-state index in [4.69, 9.17) is 4.52 Å². The summed E-state index contributed by atoms with van der Waals surface area (Å²) in [5.41, 5.74) is 2.09. The molecule has 0 saturated carbocycles. The molecule has 0 spiro atoms. The van der Waals surface area contributed by atoms with Gasteiger partial charge in [0.05, 0.1) is 0 Å². The van der Waals surface area contributed by atoms with Crippen LogP contribution in [0.4, 0.5) is 0 Å². The van der Waals surface area contributed by atoms with Crippen molar-refractivity contribution in [2.24, 2.45) is 0 Å². The Morgan fingerprint density at radius 2 is 2.05 bits per heavy atom. The van der Waals surface area contributed by atoms with Crippen LogP contribution in [-0.4, -0.2) is 35.0 Å². The average Bonchev–Trinajstić information content (AvgIpc) is 2.87. The molecule has 1 aromatic carbocycles. The number of nitrogens with zero attached hydrogens (tertiary/aromatic N) is 3. The van der Waals surface area contributed by atoms with E-state index in [2.05, 4.69) is 10.1 Å². The van der Waals surface area contributed by atoms with E-state index in [1.54, 1.807) is 19.0 Å². The zero-order valence-corrected chi connectivity index (χ0v) is 12.1. The Morgan fingerprint density at radius 3 is 2.75 bits per heavy atom. The van der Waals surface area contributed by atoms with Gasteiger partial charge in [0.15, 0.2) is 0 Å². The standard InChI is InChI=1S/C15H19N3O2/c1-11-7-4-5-8-12(11)15-16-13(20-17-15)9-6-10-14(19)18(2)3/h4-5,7-8H,6,9-10H2,1-3H3. The van der Waals surface area contributed by atoms with Crippen molar-refractivity contribution in [2.75, 3.05) is 14.1 Å². The van der Waals surface area contributed by atoms with Crippen molar-refractivity contribution in [1.82, 2.24) is 15.0 Å². The average molecular weight is 273 g/mol. The van der Waals surface area contributed by atoms with E-state index in [9.17, 15) is 4.79 Å². The molecule has 106 valence electrons. The summed E-state index contributed by atoms with van der Waals surface area (Å²) in [6, 6.07) is 7.92. The highest BCUT2D eigenvalue weighted by atomic mass is 16.5. The second-order valence-electron chi connectivity index (χ2n) is 4.97. The molecule has 0 atom stereocenters. The van der Waals surface area contributed by atoms with Gasteiger partial charge in [0, 0.05) is 32.5 Å². The molecule has 20 heavy (non-hydrogen) atoms. The number of amides is 1. The zero-order valence-electron chi connectivity index (χ0n) is 12.1. The Kier molecular flexibility index (Phi) is 4.50. The predicted molar refractivity (Wildman–Crippen MR) is 76.1 cm³/mol. The first-order valence-corrected chi connectivity index (χ1v) is 6.66. The summed E-state index contributed by atoms with van der Waals surface area (Å²) >= 11 is 0. The number of aromatic nitrogens is 2. The van der Waals surface area contributed by atoms with Gasteiger partial charge >= 0.3 is 0 Å². The van der Waals surface area contributed by atoms with E-state index in [0.29, 0.717) is 31.0 Å². The van der Waals surface area contributed by atoms with E-state index in [0.717, 1.165) is 11.1 Å². The van der Waals surface area contributed by atoms with Crippen LogP contribution in [0.2, 0.25) is 0 Å².